The van der Waals surface area contributed by atoms with Crippen LogP contribution in [-0.2, 0) is 0 Å². The fraction of sp³-hybridized carbons (Fsp3) is 0.0769. The third kappa shape index (κ3) is 3.21. The van der Waals surface area contributed by atoms with Gasteiger partial charge in [0, 0.05) is 12.1 Å². The second kappa shape index (κ2) is 6.76. The molecule has 0 atom stereocenters. The van der Waals surface area contributed by atoms with Crippen molar-refractivity contribution in [1.82, 2.24) is 30.7 Å². The number of hydrogen-bond acceptors (Lipinski definition) is 10. The predicted octanol–water partition coefficient (Wildman–Crippen LogP) is 0.213. The van der Waals surface area contributed by atoms with Gasteiger partial charge in [0.15, 0.2) is 5.69 Å². The molecule has 0 saturated carbocycles. The van der Waals surface area contributed by atoms with E-state index in [0.717, 1.165) is 0 Å². The molecule has 0 unspecified atom stereocenters. The van der Waals surface area contributed by atoms with E-state index in [-0.39, 0.29) is 23.0 Å². The first-order valence-electron chi connectivity index (χ1n) is 7.06. The van der Waals surface area contributed by atoms with E-state index < -0.39 is 10.8 Å². The average molecular weight is 357 g/mol. The molecule has 13 heteroatoms. The number of nitrogen functional groups attached to an aromatic ring is 1. The third-order valence-electron chi connectivity index (χ3n) is 3.29. The van der Waals surface area contributed by atoms with Gasteiger partial charge in [0.25, 0.3) is 11.6 Å². The van der Waals surface area contributed by atoms with Crippen molar-refractivity contribution in [1.29, 1.82) is 0 Å². The molecular weight excluding hydrogens is 346 g/mol. The summed E-state index contributed by atoms with van der Waals surface area (Å²) in [5.41, 5.74) is 8.76. The molecule has 1 aromatic carbocycles. The molecule has 0 aliphatic rings. The van der Waals surface area contributed by atoms with Gasteiger partial charge in [0.2, 0.25) is 11.6 Å². The van der Waals surface area contributed by atoms with Crippen molar-refractivity contribution in [2.24, 2.45) is 5.10 Å². The van der Waals surface area contributed by atoms with Crippen LogP contribution >= 0.6 is 0 Å². The number of non-ortho nitro benzene ring substituents is 1. The van der Waals surface area contributed by atoms with Crippen LogP contribution in [0.15, 0.2) is 34.0 Å². The molecule has 13 nitrogen and oxygen atoms in total. The molecule has 1 amide bonds. The number of amides is 1. The second-order valence-corrected chi connectivity index (χ2v) is 4.96. The second-order valence-electron chi connectivity index (χ2n) is 4.96. The molecule has 0 aliphatic carbocycles. The number of nitro benzene ring substituents is 1. The number of nitrogens with two attached hydrogens (primary N) is 1. The van der Waals surface area contributed by atoms with Crippen molar-refractivity contribution >= 4 is 23.6 Å². The van der Waals surface area contributed by atoms with Gasteiger partial charge in [-0.1, -0.05) is 5.21 Å². The van der Waals surface area contributed by atoms with E-state index in [9.17, 15) is 14.9 Å². The van der Waals surface area contributed by atoms with Crippen LogP contribution in [0.4, 0.5) is 11.5 Å². The number of nitro groups is 1. The van der Waals surface area contributed by atoms with Crippen LogP contribution in [0.2, 0.25) is 0 Å². The third-order valence-corrected chi connectivity index (χ3v) is 3.29. The summed E-state index contributed by atoms with van der Waals surface area (Å²) in [4.78, 5) is 22.2. The Labute approximate surface area is 144 Å². The van der Waals surface area contributed by atoms with E-state index in [0.29, 0.717) is 11.3 Å². The maximum atomic E-state index is 12.1. The molecule has 3 aromatic rings. The lowest BCUT2D eigenvalue weighted by Gasteiger charge is -1.99. The lowest BCUT2D eigenvalue weighted by atomic mass is 10.2. The van der Waals surface area contributed by atoms with Crippen LogP contribution in [0, 0.1) is 17.0 Å². The Morgan fingerprint density at radius 3 is 2.73 bits per heavy atom. The Bertz CT molecular complexity index is 989. The zero-order chi connectivity index (χ0) is 18.7. The topological polar surface area (TPSA) is 180 Å². The van der Waals surface area contributed by atoms with Gasteiger partial charge >= 0.3 is 0 Å². The van der Waals surface area contributed by atoms with Gasteiger partial charge in [-0.25, -0.2) is 10.1 Å². The molecule has 0 radical (unpaired) electrons. The van der Waals surface area contributed by atoms with Gasteiger partial charge in [0.05, 0.1) is 16.8 Å². The van der Waals surface area contributed by atoms with Gasteiger partial charge in [-0.15, -0.1) is 5.10 Å². The number of hydrogen-bond donors (Lipinski definition) is 2. The molecule has 132 valence electrons. The summed E-state index contributed by atoms with van der Waals surface area (Å²) in [7, 11) is 0. The lowest BCUT2D eigenvalue weighted by molar-refractivity contribution is -0.384. The molecule has 2 aromatic heterocycles. The van der Waals surface area contributed by atoms with E-state index >= 15 is 0 Å². The van der Waals surface area contributed by atoms with Crippen LogP contribution in [0.1, 0.15) is 21.7 Å². The number of benzene rings is 1. The minimum atomic E-state index is -0.609. The summed E-state index contributed by atoms with van der Waals surface area (Å²) in [5, 5.41) is 28.9. The van der Waals surface area contributed by atoms with Crippen molar-refractivity contribution in [3.63, 3.8) is 0 Å². The first-order valence-corrected chi connectivity index (χ1v) is 7.06. The smallest absolute Gasteiger partial charge is 0.293 e. The van der Waals surface area contributed by atoms with Gasteiger partial charge in [-0.3, -0.25) is 14.9 Å². The van der Waals surface area contributed by atoms with E-state index in [4.69, 9.17) is 5.73 Å². The minimum Gasteiger partial charge on any atom is -0.378 e. The van der Waals surface area contributed by atoms with Crippen LogP contribution < -0.4 is 11.2 Å². The zero-order valence-electron chi connectivity index (χ0n) is 13.2. The summed E-state index contributed by atoms with van der Waals surface area (Å²) in [5.74, 6) is -0.494. The van der Waals surface area contributed by atoms with Gasteiger partial charge < -0.3 is 5.73 Å². The van der Waals surface area contributed by atoms with E-state index in [1.165, 1.54) is 35.2 Å². The zero-order valence-corrected chi connectivity index (χ0v) is 13.2. The fourth-order valence-electron chi connectivity index (χ4n) is 1.98. The van der Waals surface area contributed by atoms with Gasteiger partial charge in [0.1, 0.15) is 0 Å². The SMILES string of the molecule is Cc1c(C(=O)NN=Cc2ccc([N+](=O)[O-])cc2)nnn1-c1nonc1N. The molecular formula is C13H11N9O4. The lowest BCUT2D eigenvalue weighted by Crippen LogP contribution is -2.19. The molecule has 0 fully saturated rings. The molecule has 0 aliphatic heterocycles. The Morgan fingerprint density at radius 1 is 1.38 bits per heavy atom. The summed E-state index contributed by atoms with van der Waals surface area (Å²) < 4.78 is 5.69. The molecule has 26 heavy (non-hydrogen) atoms. The summed E-state index contributed by atoms with van der Waals surface area (Å²) in [6.45, 7) is 1.59. The highest BCUT2D eigenvalue weighted by Crippen LogP contribution is 2.14. The Morgan fingerprint density at radius 2 is 2.12 bits per heavy atom. The van der Waals surface area contributed by atoms with E-state index in [2.05, 4.69) is 35.8 Å². The van der Waals surface area contributed by atoms with Crippen molar-refractivity contribution in [2.45, 2.75) is 6.92 Å². The highest BCUT2D eigenvalue weighted by atomic mass is 16.6. The summed E-state index contributed by atoms with van der Waals surface area (Å²) in [6.07, 6.45) is 1.33. The van der Waals surface area contributed by atoms with Crippen molar-refractivity contribution in [2.75, 3.05) is 5.73 Å². The average Bonchev–Trinajstić information content (AvgIpc) is 3.20. The van der Waals surface area contributed by atoms with E-state index in [1.807, 2.05) is 0 Å². The monoisotopic (exact) mass is 357 g/mol. The molecule has 3 rings (SSSR count). The Hall–Kier alpha value is -4.16. The van der Waals surface area contributed by atoms with Crippen molar-refractivity contribution < 1.29 is 14.3 Å². The first kappa shape index (κ1) is 16.7. The fourth-order valence-corrected chi connectivity index (χ4v) is 1.98. The molecule has 2 heterocycles. The van der Waals surface area contributed by atoms with Crippen LogP contribution in [-0.4, -0.2) is 42.4 Å². The summed E-state index contributed by atoms with van der Waals surface area (Å²) >= 11 is 0. The molecule has 0 saturated heterocycles. The number of nitrogens with zero attached hydrogens (tertiary/aromatic N) is 7. The standard InChI is InChI=1S/C13H11N9O4/c1-7-10(16-20-21(7)12-11(14)18-26-19-12)13(23)17-15-6-8-2-4-9(5-3-8)22(24)25/h2-6H,1H3,(H2,14,18)(H,17,23). The number of anilines is 1. The number of carbonyl (C=O) groups is 1. The largest absolute Gasteiger partial charge is 0.378 e. The normalized spacial score (nSPS) is 11.0. The predicted molar refractivity (Wildman–Crippen MR) is 86.5 cm³/mol. The van der Waals surface area contributed by atoms with Gasteiger partial charge in [-0.05, 0) is 34.9 Å². The van der Waals surface area contributed by atoms with Crippen molar-refractivity contribution in [3.05, 3.63) is 51.3 Å². The van der Waals surface area contributed by atoms with Crippen LogP contribution in [0.3, 0.4) is 0 Å². The number of aromatic nitrogens is 5. The first-order chi connectivity index (χ1) is 12.5. The van der Waals surface area contributed by atoms with Crippen molar-refractivity contribution in [3.8, 4) is 5.82 Å². The Balaban J connectivity index is 1.70. The minimum absolute atomic E-state index is 0.00106. The number of nitrogens with one attached hydrogen (secondary N) is 1. The number of hydrazone groups is 1. The maximum absolute atomic E-state index is 12.1. The number of carbonyl (C=O) groups excluding carboxylic acids is 1. The number of rotatable bonds is 5. The quantitative estimate of drug-likeness (QED) is 0.366. The van der Waals surface area contributed by atoms with E-state index in [1.54, 1.807) is 6.92 Å². The highest BCUT2D eigenvalue weighted by molar-refractivity contribution is 5.94. The maximum Gasteiger partial charge on any atom is 0.293 e. The van der Waals surface area contributed by atoms with Crippen LogP contribution in [0.25, 0.3) is 5.82 Å². The molecule has 3 N–H and O–H groups in total. The van der Waals surface area contributed by atoms with Gasteiger partial charge in [-0.2, -0.15) is 9.78 Å². The summed E-state index contributed by atoms with van der Waals surface area (Å²) in [6, 6.07) is 5.65. The highest BCUT2D eigenvalue weighted by Gasteiger charge is 2.20. The molecule has 0 spiro atoms. The molecule has 0 bridgehead atoms. The Kier molecular flexibility index (Phi) is 4.34. The van der Waals surface area contributed by atoms with Crippen LogP contribution in [0.5, 0.6) is 0 Å².